The lowest BCUT2D eigenvalue weighted by Crippen LogP contribution is -2.26. The molecule has 4 heteroatoms. The van der Waals surface area contributed by atoms with Crippen molar-refractivity contribution in [2.24, 2.45) is 0 Å². The van der Waals surface area contributed by atoms with Crippen molar-refractivity contribution >= 4 is 17.0 Å². The Morgan fingerprint density at radius 2 is 1.90 bits per heavy atom. The van der Waals surface area contributed by atoms with E-state index in [1.807, 2.05) is 53.4 Å². The summed E-state index contributed by atoms with van der Waals surface area (Å²) < 4.78 is 5.69. The van der Waals surface area contributed by atoms with Crippen LogP contribution in [0.5, 0.6) is 0 Å². The van der Waals surface area contributed by atoms with Crippen molar-refractivity contribution in [2.45, 2.75) is 13.0 Å². The molecule has 1 aliphatic heterocycles. The zero-order valence-electron chi connectivity index (χ0n) is 11.5. The Hall–Kier alpha value is -2.62. The predicted octanol–water partition coefficient (Wildman–Crippen LogP) is 3.03. The van der Waals surface area contributed by atoms with Crippen LogP contribution in [-0.4, -0.2) is 22.3 Å². The third kappa shape index (κ3) is 2.09. The van der Waals surface area contributed by atoms with E-state index in [1.54, 1.807) is 0 Å². The highest BCUT2D eigenvalue weighted by Gasteiger charge is 2.26. The van der Waals surface area contributed by atoms with E-state index >= 15 is 0 Å². The SMILES string of the molecule is O=C1c2ccccc2CN1CCc1nc2ccccc2o1. The van der Waals surface area contributed by atoms with Gasteiger partial charge in [-0.1, -0.05) is 30.3 Å². The summed E-state index contributed by atoms with van der Waals surface area (Å²) >= 11 is 0. The minimum absolute atomic E-state index is 0.0988. The molecule has 0 saturated carbocycles. The molecule has 4 rings (SSSR count). The maximum Gasteiger partial charge on any atom is 0.254 e. The smallest absolute Gasteiger partial charge is 0.254 e. The van der Waals surface area contributed by atoms with Gasteiger partial charge in [0, 0.05) is 25.1 Å². The molecule has 0 radical (unpaired) electrons. The van der Waals surface area contributed by atoms with Crippen LogP contribution in [-0.2, 0) is 13.0 Å². The molecule has 0 spiro atoms. The second-order valence-electron chi connectivity index (χ2n) is 5.21. The van der Waals surface area contributed by atoms with E-state index in [0.717, 1.165) is 22.2 Å². The summed E-state index contributed by atoms with van der Waals surface area (Å²) in [6.07, 6.45) is 0.633. The lowest BCUT2D eigenvalue weighted by Gasteiger charge is -2.13. The van der Waals surface area contributed by atoms with Gasteiger partial charge in [0.05, 0.1) is 0 Å². The summed E-state index contributed by atoms with van der Waals surface area (Å²) in [5, 5.41) is 0. The number of para-hydroxylation sites is 2. The highest BCUT2D eigenvalue weighted by molar-refractivity contribution is 5.98. The van der Waals surface area contributed by atoms with Crippen LogP contribution in [0.1, 0.15) is 21.8 Å². The predicted molar refractivity (Wildman–Crippen MR) is 78.9 cm³/mol. The number of rotatable bonds is 3. The number of oxazole rings is 1. The third-order valence-electron chi connectivity index (χ3n) is 3.83. The van der Waals surface area contributed by atoms with E-state index in [9.17, 15) is 4.79 Å². The molecule has 0 N–H and O–H groups in total. The maximum absolute atomic E-state index is 12.3. The minimum Gasteiger partial charge on any atom is -0.441 e. The number of aromatic nitrogens is 1. The lowest BCUT2D eigenvalue weighted by atomic mass is 10.1. The van der Waals surface area contributed by atoms with Crippen molar-refractivity contribution in [1.29, 1.82) is 0 Å². The first kappa shape index (κ1) is 12.1. The van der Waals surface area contributed by atoms with Crippen LogP contribution >= 0.6 is 0 Å². The average molecular weight is 278 g/mol. The average Bonchev–Trinajstić information content (AvgIpc) is 3.07. The first-order valence-electron chi connectivity index (χ1n) is 7.03. The summed E-state index contributed by atoms with van der Waals surface area (Å²) in [7, 11) is 0. The van der Waals surface area contributed by atoms with Crippen LogP contribution in [0.2, 0.25) is 0 Å². The third-order valence-corrected chi connectivity index (χ3v) is 3.83. The first-order chi connectivity index (χ1) is 10.3. The standard InChI is InChI=1S/C17H14N2O2/c20-17-13-6-2-1-5-12(13)11-19(17)10-9-16-18-14-7-3-4-8-15(14)21-16/h1-8H,9-11H2. The molecule has 1 aromatic heterocycles. The summed E-state index contributed by atoms with van der Waals surface area (Å²) in [6.45, 7) is 1.30. The summed E-state index contributed by atoms with van der Waals surface area (Å²) in [5.41, 5.74) is 3.57. The van der Waals surface area contributed by atoms with Gasteiger partial charge in [-0.2, -0.15) is 0 Å². The van der Waals surface area contributed by atoms with Gasteiger partial charge < -0.3 is 9.32 Å². The van der Waals surface area contributed by atoms with Crippen LogP contribution < -0.4 is 0 Å². The van der Waals surface area contributed by atoms with E-state index in [4.69, 9.17) is 4.42 Å². The molecular weight excluding hydrogens is 264 g/mol. The van der Waals surface area contributed by atoms with Gasteiger partial charge >= 0.3 is 0 Å². The van der Waals surface area contributed by atoms with E-state index in [0.29, 0.717) is 25.4 Å². The van der Waals surface area contributed by atoms with Gasteiger partial charge in [-0.25, -0.2) is 4.98 Å². The fraction of sp³-hybridized carbons (Fsp3) is 0.176. The molecule has 0 bridgehead atoms. The molecule has 0 unspecified atom stereocenters. The molecule has 1 aliphatic rings. The van der Waals surface area contributed by atoms with Gasteiger partial charge in [-0.05, 0) is 23.8 Å². The zero-order valence-corrected chi connectivity index (χ0v) is 11.5. The highest BCUT2D eigenvalue weighted by atomic mass is 16.3. The van der Waals surface area contributed by atoms with E-state index in [1.165, 1.54) is 0 Å². The monoisotopic (exact) mass is 278 g/mol. The van der Waals surface area contributed by atoms with Gasteiger partial charge in [0.2, 0.25) is 0 Å². The quantitative estimate of drug-likeness (QED) is 0.739. The topological polar surface area (TPSA) is 46.3 Å². The van der Waals surface area contributed by atoms with E-state index in [-0.39, 0.29) is 5.91 Å². The zero-order chi connectivity index (χ0) is 14.2. The maximum atomic E-state index is 12.3. The second-order valence-corrected chi connectivity index (χ2v) is 5.21. The van der Waals surface area contributed by atoms with Crippen LogP contribution in [0, 0.1) is 0 Å². The van der Waals surface area contributed by atoms with E-state index < -0.39 is 0 Å². The van der Waals surface area contributed by atoms with Gasteiger partial charge in [0.15, 0.2) is 11.5 Å². The van der Waals surface area contributed by atoms with Gasteiger partial charge in [-0.15, -0.1) is 0 Å². The van der Waals surface area contributed by atoms with Crippen molar-refractivity contribution in [1.82, 2.24) is 9.88 Å². The van der Waals surface area contributed by atoms with Crippen LogP contribution in [0.25, 0.3) is 11.1 Å². The number of benzene rings is 2. The number of hydrogen-bond donors (Lipinski definition) is 0. The molecule has 0 fully saturated rings. The Kier molecular flexibility index (Phi) is 2.74. The van der Waals surface area contributed by atoms with Crippen molar-refractivity contribution < 1.29 is 9.21 Å². The fourth-order valence-corrected chi connectivity index (χ4v) is 2.75. The van der Waals surface area contributed by atoms with E-state index in [2.05, 4.69) is 4.98 Å². The number of fused-ring (bicyclic) bond motifs is 2. The van der Waals surface area contributed by atoms with Gasteiger partial charge in [-0.3, -0.25) is 4.79 Å². The molecule has 2 aromatic carbocycles. The van der Waals surface area contributed by atoms with Gasteiger partial charge in [0.1, 0.15) is 5.52 Å². The Morgan fingerprint density at radius 1 is 1.10 bits per heavy atom. The number of nitrogens with zero attached hydrogens (tertiary/aromatic N) is 2. The molecule has 1 amide bonds. The van der Waals surface area contributed by atoms with Crippen molar-refractivity contribution in [3.63, 3.8) is 0 Å². The Bertz CT molecular complexity index is 789. The molecule has 3 aromatic rings. The number of carbonyl (C=O) groups is 1. The normalized spacial score (nSPS) is 13.9. The molecule has 21 heavy (non-hydrogen) atoms. The molecule has 2 heterocycles. The number of hydrogen-bond acceptors (Lipinski definition) is 3. The molecule has 104 valence electrons. The largest absolute Gasteiger partial charge is 0.441 e. The Balaban J connectivity index is 1.49. The Morgan fingerprint density at radius 3 is 2.76 bits per heavy atom. The highest BCUT2D eigenvalue weighted by Crippen LogP contribution is 2.23. The molecule has 0 atom stereocenters. The lowest BCUT2D eigenvalue weighted by molar-refractivity contribution is 0.0778. The van der Waals surface area contributed by atoms with Crippen LogP contribution in [0.3, 0.4) is 0 Å². The molecule has 0 saturated heterocycles. The molecular formula is C17H14N2O2. The minimum atomic E-state index is 0.0988. The van der Waals surface area contributed by atoms with Gasteiger partial charge in [0.25, 0.3) is 5.91 Å². The van der Waals surface area contributed by atoms with Crippen LogP contribution in [0.15, 0.2) is 52.9 Å². The Labute approximate surface area is 122 Å². The first-order valence-corrected chi connectivity index (χ1v) is 7.03. The molecule has 0 aliphatic carbocycles. The number of amides is 1. The second kappa shape index (κ2) is 4.74. The van der Waals surface area contributed by atoms with Crippen LogP contribution in [0.4, 0.5) is 0 Å². The summed E-state index contributed by atoms with van der Waals surface area (Å²) in [6, 6.07) is 15.5. The van der Waals surface area contributed by atoms with Crippen molar-refractivity contribution in [3.05, 3.63) is 65.5 Å². The summed E-state index contributed by atoms with van der Waals surface area (Å²) in [5.74, 6) is 0.779. The van der Waals surface area contributed by atoms with Crippen molar-refractivity contribution in [2.75, 3.05) is 6.54 Å². The fourth-order valence-electron chi connectivity index (χ4n) is 2.75. The van der Waals surface area contributed by atoms with Crippen molar-refractivity contribution in [3.8, 4) is 0 Å². The summed E-state index contributed by atoms with van der Waals surface area (Å²) in [4.78, 5) is 18.6. The molecule has 4 nitrogen and oxygen atoms in total. The number of carbonyl (C=O) groups excluding carboxylic acids is 1.